The Labute approximate surface area is 110 Å². The van der Waals surface area contributed by atoms with Crippen LogP contribution in [0.1, 0.15) is 58.8 Å². The zero-order valence-corrected chi connectivity index (χ0v) is 11.7. The van der Waals surface area contributed by atoms with E-state index < -0.39 is 0 Å². The molecule has 0 saturated carbocycles. The Balaban J connectivity index is 2.34. The molecule has 0 spiro atoms. The minimum atomic E-state index is -0.285. The quantitative estimate of drug-likeness (QED) is 0.674. The average Bonchev–Trinajstić information content (AvgIpc) is 2.34. The summed E-state index contributed by atoms with van der Waals surface area (Å²) < 4.78 is 0. The maximum atomic E-state index is 12.1. The highest BCUT2D eigenvalue weighted by molar-refractivity contribution is 5.94. The van der Waals surface area contributed by atoms with Crippen molar-refractivity contribution >= 4 is 11.8 Å². The molecule has 4 heteroatoms. The van der Waals surface area contributed by atoms with Crippen molar-refractivity contribution in [1.82, 2.24) is 10.2 Å². The van der Waals surface area contributed by atoms with Gasteiger partial charge in [0.05, 0.1) is 6.54 Å². The summed E-state index contributed by atoms with van der Waals surface area (Å²) >= 11 is 0. The minimum absolute atomic E-state index is 0.0124. The van der Waals surface area contributed by atoms with E-state index in [1.165, 1.54) is 19.3 Å². The van der Waals surface area contributed by atoms with Crippen LogP contribution in [0.25, 0.3) is 0 Å². The molecule has 0 aromatic rings. The molecule has 1 fully saturated rings. The van der Waals surface area contributed by atoms with Gasteiger partial charge in [-0.1, -0.05) is 46.0 Å². The topological polar surface area (TPSA) is 49.4 Å². The monoisotopic (exact) mass is 254 g/mol. The SMILES string of the molecule is CCCCCCCN1CC(=O)NC(CCC)C1=O. The molecule has 1 aliphatic heterocycles. The van der Waals surface area contributed by atoms with Gasteiger partial charge in [0.1, 0.15) is 6.04 Å². The van der Waals surface area contributed by atoms with E-state index in [0.717, 1.165) is 32.2 Å². The Hall–Kier alpha value is -1.06. The van der Waals surface area contributed by atoms with Crippen LogP contribution in [0, 0.1) is 0 Å². The van der Waals surface area contributed by atoms with Gasteiger partial charge in [0.2, 0.25) is 11.8 Å². The number of nitrogens with zero attached hydrogens (tertiary/aromatic N) is 1. The smallest absolute Gasteiger partial charge is 0.245 e. The zero-order valence-electron chi connectivity index (χ0n) is 11.7. The molecule has 4 nitrogen and oxygen atoms in total. The lowest BCUT2D eigenvalue weighted by molar-refractivity contribution is -0.144. The lowest BCUT2D eigenvalue weighted by atomic mass is 10.1. The molecule has 0 aliphatic carbocycles. The summed E-state index contributed by atoms with van der Waals surface area (Å²) in [5.74, 6) is 0.0912. The Morgan fingerprint density at radius 2 is 1.83 bits per heavy atom. The average molecular weight is 254 g/mol. The van der Waals surface area contributed by atoms with E-state index in [9.17, 15) is 9.59 Å². The van der Waals surface area contributed by atoms with Crippen molar-refractivity contribution in [3.63, 3.8) is 0 Å². The lowest BCUT2D eigenvalue weighted by Crippen LogP contribution is -2.58. The summed E-state index contributed by atoms with van der Waals surface area (Å²) in [6.45, 7) is 5.19. The Bertz CT molecular complexity index is 279. The molecule has 1 heterocycles. The minimum Gasteiger partial charge on any atom is -0.343 e. The van der Waals surface area contributed by atoms with Gasteiger partial charge in [-0.25, -0.2) is 0 Å². The van der Waals surface area contributed by atoms with Gasteiger partial charge in [0, 0.05) is 6.54 Å². The van der Waals surface area contributed by atoms with E-state index in [1.807, 2.05) is 6.92 Å². The zero-order chi connectivity index (χ0) is 13.4. The van der Waals surface area contributed by atoms with E-state index in [1.54, 1.807) is 4.90 Å². The van der Waals surface area contributed by atoms with Gasteiger partial charge in [0.25, 0.3) is 0 Å². The first kappa shape index (κ1) is 15.0. The Kier molecular flexibility index (Phi) is 6.76. The standard InChI is InChI=1S/C14H26N2O2/c1-3-5-6-7-8-10-16-11-13(17)15-12(9-4-2)14(16)18/h12H,3-11H2,1-2H3,(H,15,17). The third-order valence-electron chi connectivity index (χ3n) is 3.39. The molecule has 18 heavy (non-hydrogen) atoms. The van der Waals surface area contributed by atoms with Gasteiger partial charge in [-0.2, -0.15) is 0 Å². The first-order chi connectivity index (χ1) is 8.69. The van der Waals surface area contributed by atoms with Gasteiger partial charge in [-0.3, -0.25) is 9.59 Å². The van der Waals surface area contributed by atoms with Crippen LogP contribution in [0.2, 0.25) is 0 Å². The summed E-state index contributed by atoms with van der Waals surface area (Å²) in [5, 5.41) is 2.78. The van der Waals surface area contributed by atoms with E-state index >= 15 is 0 Å². The molecule has 1 saturated heterocycles. The van der Waals surface area contributed by atoms with E-state index in [-0.39, 0.29) is 24.4 Å². The fourth-order valence-corrected chi connectivity index (χ4v) is 2.35. The van der Waals surface area contributed by atoms with Gasteiger partial charge in [-0.05, 0) is 12.8 Å². The molecule has 1 atom stereocenters. The van der Waals surface area contributed by atoms with Crippen molar-refractivity contribution in [3.05, 3.63) is 0 Å². The number of unbranched alkanes of at least 4 members (excludes halogenated alkanes) is 4. The van der Waals surface area contributed by atoms with Crippen LogP contribution >= 0.6 is 0 Å². The number of hydrogen-bond donors (Lipinski definition) is 1. The number of piperazine rings is 1. The van der Waals surface area contributed by atoms with Crippen LogP contribution in [0.3, 0.4) is 0 Å². The van der Waals surface area contributed by atoms with Crippen LogP contribution < -0.4 is 5.32 Å². The van der Waals surface area contributed by atoms with Crippen molar-refractivity contribution in [3.8, 4) is 0 Å². The maximum Gasteiger partial charge on any atom is 0.245 e. The van der Waals surface area contributed by atoms with E-state index in [2.05, 4.69) is 12.2 Å². The number of nitrogens with one attached hydrogen (secondary N) is 1. The van der Waals surface area contributed by atoms with Crippen LogP contribution in [0.4, 0.5) is 0 Å². The van der Waals surface area contributed by atoms with Crippen LogP contribution in [0.15, 0.2) is 0 Å². The molecule has 1 N–H and O–H groups in total. The van der Waals surface area contributed by atoms with Crippen LogP contribution in [0.5, 0.6) is 0 Å². The first-order valence-electron chi connectivity index (χ1n) is 7.27. The highest BCUT2D eigenvalue weighted by Gasteiger charge is 2.31. The summed E-state index contributed by atoms with van der Waals surface area (Å²) in [6.07, 6.45) is 7.53. The molecule has 0 aromatic heterocycles. The maximum absolute atomic E-state index is 12.1. The normalized spacial score (nSPS) is 20.1. The second kappa shape index (κ2) is 8.11. The second-order valence-corrected chi connectivity index (χ2v) is 5.08. The summed E-state index contributed by atoms with van der Waals surface area (Å²) in [4.78, 5) is 25.4. The van der Waals surface area contributed by atoms with Crippen molar-refractivity contribution in [2.75, 3.05) is 13.1 Å². The molecule has 0 radical (unpaired) electrons. The number of hydrogen-bond acceptors (Lipinski definition) is 2. The molecule has 0 bridgehead atoms. The highest BCUT2D eigenvalue weighted by atomic mass is 16.2. The number of rotatable bonds is 8. The molecule has 104 valence electrons. The van der Waals surface area contributed by atoms with Gasteiger partial charge in [0.15, 0.2) is 0 Å². The fraction of sp³-hybridized carbons (Fsp3) is 0.857. The molecule has 1 rings (SSSR count). The van der Waals surface area contributed by atoms with Gasteiger partial charge < -0.3 is 10.2 Å². The number of amides is 2. The number of carbonyl (C=O) groups is 2. The number of carbonyl (C=O) groups excluding carboxylic acids is 2. The van der Waals surface area contributed by atoms with Crippen molar-refractivity contribution < 1.29 is 9.59 Å². The molecule has 1 aliphatic rings. The molecular weight excluding hydrogens is 228 g/mol. The third kappa shape index (κ3) is 4.67. The molecule has 1 unspecified atom stereocenters. The van der Waals surface area contributed by atoms with Crippen molar-refractivity contribution in [1.29, 1.82) is 0 Å². The highest BCUT2D eigenvalue weighted by Crippen LogP contribution is 2.10. The Morgan fingerprint density at radius 3 is 2.50 bits per heavy atom. The summed E-state index contributed by atoms with van der Waals surface area (Å²) in [7, 11) is 0. The summed E-state index contributed by atoms with van der Waals surface area (Å²) in [6, 6.07) is -0.285. The fourth-order valence-electron chi connectivity index (χ4n) is 2.35. The van der Waals surface area contributed by atoms with E-state index in [0.29, 0.717) is 0 Å². The largest absolute Gasteiger partial charge is 0.343 e. The summed E-state index contributed by atoms with van der Waals surface area (Å²) in [5.41, 5.74) is 0. The van der Waals surface area contributed by atoms with Crippen molar-refractivity contribution in [2.45, 2.75) is 64.8 Å². The Morgan fingerprint density at radius 1 is 1.11 bits per heavy atom. The second-order valence-electron chi connectivity index (χ2n) is 5.08. The predicted molar refractivity (Wildman–Crippen MR) is 72.2 cm³/mol. The van der Waals surface area contributed by atoms with Crippen molar-refractivity contribution in [2.24, 2.45) is 0 Å². The van der Waals surface area contributed by atoms with Crippen LogP contribution in [-0.4, -0.2) is 35.8 Å². The molecule has 2 amide bonds. The first-order valence-corrected chi connectivity index (χ1v) is 7.27. The van der Waals surface area contributed by atoms with Gasteiger partial charge in [-0.15, -0.1) is 0 Å². The van der Waals surface area contributed by atoms with E-state index in [4.69, 9.17) is 0 Å². The molecular formula is C14H26N2O2. The predicted octanol–water partition coefficient (Wildman–Crippen LogP) is 2.08. The lowest BCUT2D eigenvalue weighted by Gasteiger charge is -2.32. The van der Waals surface area contributed by atoms with Gasteiger partial charge >= 0.3 is 0 Å². The molecule has 0 aromatic carbocycles. The third-order valence-corrected chi connectivity index (χ3v) is 3.39. The van der Waals surface area contributed by atoms with Crippen LogP contribution in [-0.2, 0) is 9.59 Å².